The van der Waals surface area contributed by atoms with Crippen molar-refractivity contribution in [3.8, 4) is 11.5 Å². The fourth-order valence-corrected chi connectivity index (χ4v) is 7.49. The zero-order valence-electron chi connectivity index (χ0n) is 17.9. The molecule has 0 unspecified atom stereocenters. The number of pyridine rings is 1. The number of para-hydroxylation sites is 1. The highest BCUT2D eigenvalue weighted by atomic mass is 16.5. The molecule has 3 aliphatic carbocycles. The van der Waals surface area contributed by atoms with Gasteiger partial charge in [0.15, 0.2) is 17.6 Å². The third-order valence-electron chi connectivity index (χ3n) is 9.06. The molecule has 32 heavy (non-hydrogen) atoms. The molecule has 2 aliphatic heterocycles. The molecule has 1 saturated heterocycles. The van der Waals surface area contributed by atoms with Crippen LogP contribution in [0, 0.1) is 5.92 Å². The van der Waals surface area contributed by atoms with Gasteiger partial charge in [0.1, 0.15) is 0 Å². The maximum Gasteiger partial charge on any atom is 0.166 e. The van der Waals surface area contributed by atoms with Crippen LogP contribution < -0.4 is 4.74 Å². The van der Waals surface area contributed by atoms with Gasteiger partial charge < -0.3 is 14.9 Å². The SMILES string of the molecule is Oc1ccc2c3c1O[C@H]1c4nc5ccccc5cc4C[C@@]4(O)[C@H](C2)N(CC2CC2)CC[C@]314. The van der Waals surface area contributed by atoms with Crippen molar-refractivity contribution in [3.63, 3.8) is 0 Å². The molecular formula is C27H26N2O3. The smallest absolute Gasteiger partial charge is 0.166 e. The van der Waals surface area contributed by atoms with Gasteiger partial charge in [-0.2, -0.15) is 0 Å². The average Bonchev–Trinajstić information content (AvgIpc) is 3.53. The lowest BCUT2D eigenvalue weighted by Crippen LogP contribution is -2.74. The number of aromatic nitrogens is 1. The van der Waals surface area contributed by atoms with Gasteiger partial charge in [-0.05, 0) is 67.5 Å². The first kappa shape index (κ1) is 17.9. The summed E-state index contributed by atoms with van der Waals surface area (Å²) in [5.41, 5.74) is 3.76. The molecule has 4 atom stereocenters. The lowest BCUT2D eigenvalue weighted by atomic mass is 9.49. The number of likely N-dealkylation sites (tertiary alicyclic amines) is 1. The molecule has 5 aliphatic rings. The molecule has 1 aromatic heterocycles. The summed E-state index contributed by atoms with van der Waals surface area (Å²) in [5.74, 6) is 1.53. The number of piperidine rings is 1. The van der Waals surface area contributed by atoms with Gasteiger partial charge in [-0.25, -0.2) is 4.98 Å². The summed E-state index contributed by atoms with van der Waals surface area (Å²) in [4.78, 5) is 7.64. The predicted octanol–water partition coefficient (Wildman–Crippen LogP) is 3.64. The largest absolute Gasteiger partial charge is 0.504 e. The summed E-state index contributed by atoms with van der Waals surface area (Å²) in [5, 5.41) is 24.5. The van der Waals surface area contributed by atoms with Crippen molar-refractivity contribution in [3.05, 3.63) is 64.8 Å². The fourth-order valence-electron chi connectivity index (χ4n) is 7.49. The molecule has 2 bridgehead atoms. The zero-order chi connectivity index (χ0) is 21.2. The van der Waals surface area contributed by atoms with Crippen molar-refractivity contribution in [1.29, 1.82) is 0 Å². The van der Waals surface area contributed by atoms with E-state index in [1.54, 1.807) is 6.07 Å². The van der Waals surface area contributed by atoms with Gasteiger partial charge in [-0.15, -0.1) is 0 Å². The third kappa shape index (κ3) is 1.97. The topological polar surface area (TPSA) is 65.8 Å². The highest BCUT2D eigenvalue weighted by Gasteiger charge is 2.72. The highest BCUT2D eigenvalue weighted by Crippen LogP contribution is 2.68. The Kier molecular flexibility index (Phi) is 3.15. The Balaban J connectivity index is 1.41. The normalized spacial score (nSPS) is 34.2. The minimum atomic E-state index is -0.937. The summed E-state index contributed by atoms with van der Waals surface area (Å²) < 4.78 is 6.59. The standard InChI is InChI=1S/C27H26N2O3/c30-20-8-7-17-12-21-27(31)13-18-11-16-3-1-2-4-19(16)28-23(18)25-26(27,22(17)24(20)32-25)9-10-29(21)14-15-5-6-15/h1-4,7-8,11,15,21,25,30-31H,5-6,9-10,12-14H2/t21-,25-,26-,27+/m0/s1. The van der Waals surface area contributed by atoms with E-state index in [4.69, 9.17) is 9.72 Å². The molecule has 2 N–H and O–H groups in total. The third-order valence-corrected chi connectivity index (χ3v) is 9.06. The van der Waals surface area contributed by atoms with Gasteiger partial charge in [-0.3, -0.25) is 4.90 Å². The van der Waals surface area contributed by atoms with Crippen LogP contribution in [0.15, 0.2) is 42.5 Å². The van der Waals surface area contributed by atoms with Crippen molar-refractivity contribution < 1.29 is 14.9 Å². The number of hydrogen-bond acceptors (Lipinski definition) is 5. The van der Waals surface area contributed by atoms with Crippen LogP contribution >= 0.6 is 0 Å². The minimum Gasteiger partial charge on any atom is -0.504 e. The molecule has 1 saturated carbocycles. The predicted molar refractivity (Wildman–Crippen MR) is 120 cm³/mol. The molecule has 3 heterocycles. The van der Waals surface area contributed by atoms with Gasteiger partial charge in [0, 0.05) is 30.0 Å². The molecule has 0 amide bonds. The van der Waals surface area contributed by atoms with E-state index in [0.717, 1.165) is 59.6 Å². The van der Waals surface area contributed by atoms with Gasteiger partial charge >= 0.3 is 0 Å². The number of fused-ring (bicyclic) bond motifs is 3. The van der Waals surface area contributed by atoms with Gasteiger partial charge in [0.25, 0.3) is 0 Å². The Morgan fingerprint density at radius 1 is 1.12 bits per heavy atom. The minimum absolute atomic E-state index is 0.0607. The lowest BCUT2D eigenvalue weighted by molar-refractivity contribution is -0.173. The van der Waals surface area contributed by atoms with Crippen LogP contribution in [0.2, 0.25) is 0 Å². The molecule has 0 radical (unpaired) electrons. The summed E-state index contributed by atoms with van der Waals surface area (Å²) in [6.07, 6.45) is 4.47. The number of rotatable bonds is 2. The first-order chi connectivity index (χ1) is 15.6. The summed E-state index contributed by atoms with van der Waals surface area (Å²) >= 11 is 0. The lowest BCUT2D eigenvalue weighted by Gasteiger charge is -2.63. The number of aliphatic hydroxyl groups is 1. The molecule has 8 rings (SSSR count). The van der Waals surface area contributed by atoms with Crippen molar-refractivity contribution in [2.24, 2.45) is 5.92 Å². The van der Waals surface area contributed by atoms with Gasteiger partial charge in [0.2, 0.25) is 0 Å². The molecule has 3 aromatic rings. The quantitative estimate of drug-likeness (QED) is 0.655. The van der Waals surface area contributed by atoms with Crippen LogP contribution in [0.4, 0.5) is 0 Å². The van der Waals surface area contributed by atoms with Crippen molar-refractivity contribution >= 4 is 10.9 Å². The second kappa shape index (κ2) is 5.64. The van der Waals surface area contributed by atoms with E-state index in [1.165, 1.54) is 18.4 Å². The fraction of sp³-hybridized carbons (Fsp3) is 0.444. The second-order valence-corrected chi connectivity index (χ2v) is 10.7. The van der Waals surface area contributed by atoms with E-state index in [-0.39, 0.29) is 17.9 Å². The van der Waals surface area contributed by atoms with E-state index in [9.17, 15) is 10.2 Å². The van der Waals surface area contributed by atoms with E-state index in [2.05, 4.69) is 23.1 Å². The number of nitrogens with zero attached hydrogens (tertiary/aromatic N) is 2. The Morgan fingerprint density at radius 3 is 2.88 bits per heavy atom. The Hall–Kier alpha value is -2.63. The summed E-state index contributed by atoms with van der Waals surface area (Å²) in [6.45, 7) is 2.04. The number of hydrogen-bond donors (Lipinski definition) is 2. The first-order valence-corrected chi connectivity index (χ1v) is 12.0. The second-order valence-electron chi connectivity index (χ2n) is 10.7. The van der Waals surface area contributed by atoms with Crippen LogP contribution in [0.3, 0.4) is 0 Å². The van der Waals surface area contributed by atoms with Gasteiger partial charge in [-0.1, -0.05) is 24.3 Å². The van der Waals surface area contributed by atoms with Crippen LogP contribution in [0.1, 0.15) is 47.8 Å². The van der Waals surface area contributed by atoms with Crippen molar-refractivity contribution in [2.45, 2.75) is 55.3 Å². The van der Waals surface area contributed by atoms with Crippen molar-refractivity contribution in [2.75, 3.05) is 13.1 Å². The van der Waals surface area contributed by atoms with E-state index >= 15 is 0 Å². The van der Waals surface area contributed by atoms with E-state index in [1.807, 2.05) is 18.2 Å². The van der Waals surface area contributed by atoms with E-state index < -0.39 is 11.0 Å². The number of phenolic OH excluding ortho intramolecular Hbond substituents is 1. The highest BCUT2D eigenvalue weighted by molar-refractivity contribution is 5.80. The molecule has 1 spiro atoms. The molecule has 2 fully saturated rings. The van der Waals surface area contributed by atoms with E-state index in [0.29, 0.717) is 12.2 Å². The monoisotopic (exact) mass is 426 g/mol. The average molecular weight is 427 g/mol. The maximum absolute atomic E-state index is 12.7. The Labute approximate surface area is 186 Å². The zero-order valence-corrected chi connectivity index (χ0v) is 17.9. The summed E-state index contributed by atoms with van der Waals surface area (Å²) in [7, 11) is 0. The Morgan fingerprint density at radius 2 is 2.00 bits per heavy atom. The van der Waals surface area contributed by atoms with Crippen LogP contribution in [0.25, 0.3) is 10.9 Å². The van der Waals surface area contributed by atoms with Crippen LogP contribution in [-0.2, 0) is 18.3 Å². The Bertz CT molecular complexity index is 1320. The number of ether oxygens (including phenoxy) is 1. The maximum atomic E-state index is 12.7. The molecule has 162 valence electrons. The molecule has 2 aromatic carbocycles. The molecule has 5 nitrogen and oxygen atoms in total. The first-order valence-electron chi connectivity index (χ1n) is 12.0. The van der Waals surface area contributed by atoms with Gasteiger partial charge in [0.05, 0.1) is 22.2 Å². The number of benzene rings is 2. The molecule has 5 heteroatoms. The van der Waals surface area contributed by atoms with Crippen LogP contribution in [-0.4, -0.2) is 44.8 Å². The summed E-state index contributed by atoms with van der Waals surface area (Å²) in [6, 6.07) is 14.3. The molecular weight excluding hydrogens is 400 g/mol. The van der Waals surface area contributed by atoms with Crippen LogP contribution in [0.5, 0.6) is 11.5 Å². The van der Waals surface area contributed by atoms with Crippen molar-refractivity contribution in [1.82, 2.24) is 9.88 Å². The number of aromatic hydroxyl groups is 1. The number of phenols is 1.